The van der Waals surface area contributed by atoms with Crippen molar-refractivity contribution in [3.63, 3.8) is 0 Å². The quantitative estimate of drug-likeness (QED) is 0.236. The van der Waals surface area contributed by atoms with Crippen LogP contribution < -0.4 is 9.64 Å². The topological polar surface area (TPSA) is 77.7 Å². The van der Waals surface area contributed by atoms with Crippen LogP contribution in [0.5, 0.6) is 5.75 Å². The van der Waals surface area contributed by atoms with Crippen molar-refractivity contribution in [2.45, 2.75) is 64.0 Å². The summed E-state index contributed by atoms with van der Waals surface area (Å²) in [6.07, 6.45) is 3.30. The van der Waals surface area contributed by atoms with Crippen molar-refractivity contribution in [1.82, 2.24) is 24.8 Å². The Labute approximate surface area is 234 Å². The van der Waals surface area contributed by atoms with Crippen LogP contribution in [0.3, 0.4) is 0 Å². The number of methoxy groups -OCH3 is 1. The van der Waals surface area contributed by atoms with Crippen molar-refractivity contribution in [2.75, 3.05) is 25.2 Å². The lowest BCUT2D eigenvalue weighted by molar-refractivity contribution is 0.292. The molecule has 1 fully saturated rings. The molecule has 1 saturated heterocycles. The third-order valence-electron chi connectivity index (χ3n) is 8.08. The van der Waals surface area contributed by atoms with Crippen molar-refractivity contribution < 1.29 is 17.9 Å². The molecule has 0 N–H and O–H groups in total. The third kappa shape index (κ3) is 5.57. The van der Waals surface area contributed by atoms with Gasteiger partial charge in [-0.1, -0.05) is 20.8 Å². The minimum atomic E-state index is -1.85. The number of anilines is 1. The van der Waals surface area contributed by atoms with Crippen LogP contribution >= 0.6 is 0 Å². The summed E-state index contributed by atoms with van der Waals surface area (Å²) < 4.78 is 42.4. The fraction of sp³-hybridized carbons (Fsp3) is 0.448. The lowest BCUT2D eigenvalue weighted by Gasteiger charge is -2.36. The zero-order valence-electron chi connectivity index (χ0n) is 23.9. The van der Waals surface area contributed by atoms with E-state index >= 15 is 0 Å². The van der Waals surface area contributed by atoms with E-state index in [1.165, 1.54) is 19.2 Å². The van der Waals surface area contributed by atoms with Crippen LogP contribution in [0, 0.1) is 5.82 Å². The number of rotatable bonds is 8. The van der Waals surface area contributed by atoms with E-state index in [4.69, 9.17) is 14.3 Å². The van der Waals surface area contributed by atoms with Gasteiger partial charge >= 0.3 is 0 Å². The Morgan fingerprint density at radius 1 is 1.10 bits per heavy atom. The summed E-state index contributed by atoms with van der Waals surface area (Å²) in [6, 6.07) is 9.51. The molecule has 3 aromatic heterocycles. The van der Waals surface area contributed by atoms with Crippen molar-refractivity contribution >= 4 is 19.8 Å². The maximum absolute atomic E-state index is 14.8. The van der Waals surface area contributed by atoms with Gasteiger partial charge in [-0.15, -0.1) is 10.2 Å². The zero-order valence-corrected chi connectivity index (χ0v) is 24.9. The second-order valence-corrected chi connectivity index (χ2v) is 16.6. The molecule has 1 aliphatic rings. The summed E-state index contributed by atoms with van der Waals surface area (Å²) in [5.74, 6) is 0.668. The number of benzene rings is 1. The Bertz CT molecular complexity index is 1510. The van der Waals surface area contributed by atoms with E-state index in [1.54, 1.807) is 23.0 Å². The van der Waals surface area contributed by atoms with Gasteiger partial charge in [-0.2, -0.15) is 5.10 Å². The highest BCUT2D eigenvalue weighted by molar-refractivity contribution is 6.74. The predicted octanol–water partition coefficient (Wildman–Crippen LogP) is 6.19. The van der Waals surface area contributed by atoms with Crippen LogP contribution in [-0.4, -0.2) is 59.5 Å². The first-order chi connectivity index (χ1) is 19.0. The van der Waals surface area contributed by atoms with Crippen LogP contribution in [0.4, 0.5) is 14.6 Å². The molecule has 8 nitrogen and oxygen atoms in total. The largest absolute Gasteiger partial charge is 0.496 e. The Kier molecular flexibility index (Phi) is 7.62. The number of imidazole rings is 1. The molecule has 1 aliphatic heterocycles. The normalized spacial score (nSPS) is 18.1. The van der Waals surface area contributed by atoms with E-state index < -0.39 is 26.3 Å². The molecule has 0 amide bonds. The number of nitrogens with zero attached hydrogens (tertiary/aromatic N) is 6. The monoisotopic (exact) mass is 566 g/mol. The molecular formula is C29H36F2N6O2Si. The van der Waals surface area contributed by atoms with Gasteiger partial charge in [-0.05, 0) is 66.5 Å². The number of alkyl halides is 1. The lowest BCUT2D eigenvalue weighted by atomic mass is 10.0. The number of ether oxygens (including phenoxy) is 1. The Hall–Kier alpha value is -3.44. The van der Waals surface area contributed by atoms with E-state index in [0.717, 1.165) is 5.56 Å². The number of hydrogen-bond donors (Lipinski definition) is 0. The van der Waals surface area contributed by atoms with Crippen LogP contribution in [-0.2, 0) is 10.8 Å². The molecule has 0 saturated carbocycles. The van der Waals surface area contributed by atoms with E-state index in [1.807, 2.05) is 23.1 Å². The summed E-state index contributed by atoms with van der Waals surface area (Å²) in [5, 5.41) is 13.5. The summed E-state index contributed by atoms with van der Waals surface area (Å²) in [5.41, 5.74) is 3.53. The SMILES string of the molecule is COc1ccc(F)cc1[C@H]1C[C@H](F)CN1c1ccc2ncc(-c3cc(CCO[Si](C)(C)C(C)(C)C)cnn3)n2n1. The molecule has 0 unspecified atom stereocenters. The van der Waals surface area contributed by atoms with Gasteiger partial charge in [0, 0.05) is 18.6 Å². The molecule has 11 heteroatoms. The minimum absolute atomic E-state index is 0.135. The van der Waals surface area contributed by atoms with Gasteiger partial charge in [0.05, 0.1) is 32.1 Å². The smallest absolute Gasteiger partial charge is 0.191 e. The maximum Gasteiger partial charge on any atom is 0.191 e. The molecule has 4 heterocycles. The van der Waals surface area contributed by atoms with Crippen molar-refractivity contribution in [3.8, 4) is 17.1 Å². The second kappa shape index (κ2) is 10.9. The highest BCUT2D eigenvalue weighted by Gasteiger charge is 2.37. The standard InChI is InChI=1S/C29H36F2N6O2Si/c1-29(2,3)40(5,6)39-12-11-19-13-23(34-33-16-19)25-17-32-27-9-10-28(35-37(25)27)36-18-21(31)15-24(36)22-14-20(30)7-8-26(22)38-4/h7-10,13-14,16-17,21,24H,11-12,15,18H2,1-6H3/t21-,24+/m0/s1. The van der Waals surface area contributed by atoms with Gasteiger partial charge < -0.3 is 14.1 Å². The highest BCUT2D eigenvalue weighted by atomic mass is 28.4. The highest BCUT2D eigenvalue weighted by Crippen LogP contribution is 2.41. The van der Waals surface area contributed by atoms with Crippen LogP contribution in [0.25, 0.3) is 17.0 Å². The zero-order chi connectivity index (χ0) is 28.7. The molecular weight excluding hydrogens is 530 g/mol. The molecule has 212 valence electrons. The average Bonchev–Trinajstić information content (AvgIpc) is 3.51. The molecule has 0 spiro atoms. The summed E-state index contributed by atoms with van der Waals surface area (Å²) in [6.45, 7) is 11.9. The van der Waals surface area contributed by atoms with Gasteiger partial charge in [0.1, 0.15) is 34.9 Å². The molecule has 0 radical (unpaired) electrons. The van der Waals surface area contributed by atoms with E-state index in [-0.39, 0.29) is 18.0 Å². The Balaban J connectivity index is 1.43. The molecule has 5 rings (SSSR count). The molecule has 0 bridgehead atoms. The fourth-order valence-corrected chi connectivity index (χ4v) is 5.84. The molecule has 4 aromatic rings. The third-order valence-corrected chi connectivity index (χ3v) is 12.6. The van der Waals surface area contributed by atoms with Gasteiger partial charge in [0.15, 0.2) is 14.0 Å². The van der Waals surface area contributed by atoms with Crippen molar-refractivity contribution in [2.24, 2.45) is 0 Å². The number of fused-ring (bicyclic) bond motifs is 1. The first-order valence-electron chi connectivity index (χ1n) is 13.5. The van der Waals surface area contributed by atoms with Gasteiger partial charge in [-0.3, -0.25) is 0 Å². The molecule has 0 aliphatic carbocycles. The van der Waals surface area contributed by atoms with E-state index in [0.29, 0.717) is 47.2 Å². The summed E-state index contributed by atoms with van der Waals surface area (Å²) >= 11 is 0. The number of halogens is 2. The molecule has 1 aromatic carbocycles. The van der Waals surface area contributed by atoms with Crippen LogP contribution in [0.2, 0.25) is 18.1 Å². The van der Waals surface area contributed by atoms with Crippen molar-refractivity contribution in [1.29, 1.82) is 0 Å². The summed E-state index contributed by atoms with van der Waals surface area (Å²) in [4.78, 5) is 6.35. The number of hydrogen-bond acceptors (Lipinski definition) is 7. The fourth-order valence-electron chi connectivity index (χ4n) is 4.80. The van der Waals surface area contributed by atoms with E-state index in [2.05, 4.69) is 49.0 Å². The lowest BCUT2D eigenvalue weighted by Crippen LogP contribution is -2.41. The average molecular weight is 567 g/mol. The number of aromatic nitrogens is 5. The van der Waals surface area contributed by atoms with E-state index in [9.17, 15) is 8.78 Å². The summed E-state index contributed by atoms with van der Waals surface area (Å²) in [7, 11) is -0.318. The molecule has 40 heavy (non-hydrogen) atoms. The first kappa shape index (κ1) is 28.1. The van der Waals surface area contributed by atoms with Gasteiger partial charge in [0.25, 0.3) is 0 Å². The van der Waals surface area contributed by atoms with Gasteiger partial charge in [0.2, 0.25) is 0 Å². The molecule has 2 atom stereocenters. The van der Waals surface area contributed by atoms with Crippen LogP contribution in [0.15, 0.2) is 48.8 Å². The Morgan fingerprint density at radius 3 is 2.65 bits per heavy atom. The predicted molar refractivity (Wildman–Crippen MR) is 153 cm³/mol. The Morgan fingerprint density at radius 2 is 1.90 bits per heavy atom. The van der Waals surface area contributed by atoms with Crippen molar-refractivity contribution in [3.05, 3.63) is 65.7 Å². The van der Waals surface area contributed by atoms with Gasteiger partial charge in [-0.25, -0.2) is 18.3 Å². The minimum Gasteiger partial charge on any atom is -0.496 e. The second-order valence-electron chi connectivity index (χ2n) is 11.8. The maximum atomic E-state index is 14.8. The van der Waals surface area contributed by atoms with Crippen LogP contribution in [0.1, 0.15) is 44.4 Å². The first-order valence-corrected chi connectivity index (χ1v) is 16.4.